The highest BCUT2D eigenvalue weighted by molar-refractivity contribution is 9.09. The molecule has 0 bridgehead atoms. The van der Waals surface area contributed by atoms with Gasteiger partial charge >= 0.3 is 0 Å². The quantitative estimate of drug-likeness (QED) is 0.704. The molecule has 0 heterocycles. The van der Waals surface area contributed by atoms with Crippen LogP contribution in [0.2, 0.25) is 0 Å². The van der Waals surface area contributed by atoms with Crippen molar-refractivity contribution < 1.29 is 4.74 Å². The average Bonchev–Trinajstić information content (AvgIpc) is 2.33. The zero-order valence-corrected chi connectivity index (χ0v) is 13.0. The summed E-state index contributed by atoms with van der Waals surface area (Å²) in [5.74, 6) is 0. The Morgan fingerprint density at radius 2 is 1.81 bits per heavy atom. The molecule has 1 aromatic carbocycles. The van der Waals surface area contributed by atoms with E-state index in [1.165, 1.54) is 11.1 Å². The minimum Gasteiger partial charge on any atom is -0.385 e. The molecule has 0 amide bonds. The maximum absolute atomic E-state index is 5.22. The Balaban J connectivity index is 3.05. The van der Waals surface area contributed by atoms with Gasteiger partial charge in [0, 0.05) is 29.8 Å². The standard InChI is InChI=1S/C13H18Br2O/c1-11-5-3-4-6-12(11)13(9-14,10-15)7-8-16-2/h3-6H,7-10H2,1-2H3. The number of ether oxygens (including phenoxy) is 1. The van der Waals surface area contributed by atoms with E-state index in [2.05, 4.69) is 63.0 Å². The molecular formula is C13H18Br2O. The van der Waals surface area contributed by atoms with Crippen LogP contribution in [-0.4, -0.2) is 24.4 Å². The molecule has 0 radical (unpaired) electrons. The summed E-state index contributed by atoms with van der Waals surface area (Å²) in [5.41, 5.74) is 2.87. The van der Waals surface area contributed by atoms with E-state index >= 15 is 0 Å². The molecule has 0 aliphatic heterocycles. The third kappa shape index (κ3) is 3.08. The van der Waals surface area contributed by atoms with Crippen LogP contribution in [0.3, 0.4) is 0 Å². The van der Waals surface area contributed by atoms with Gasteiger partial charge in [0.05, 0.1) is 0 Å². The number of methoxy groups -OCH3 is 1. The third-order valence-electron chi connectivity index (χ3n) is 3.01. The van der Waals surface area contributed by atoms with Gasteiger partial charge < -0.3 is 4.74 Å². The molecule has 3 heteroatoms. The van der Waals surface area contributed by atoms with Gasteiger partial charge in [-0.25, -0.2) is 0 Å². The number of alkyl halides is 2. The van der Waals surface area contributed by atoms with E-state index in [0.717, 1.165) is 23.7 Å². The molecular weight excluding hydrogens is 332 g/mol. The molecule has 16 heavy (non-hydrogen) atoms. The van der Waals surface area contributed by atoms with Gasteiger partial charge in [0.25, 0.3) is 0 Å². The van der Waals surface area contributed by atoms with E-state index in [1.54, 1.807) is 7.11 Å². The average molecular weight is 350 g/mol. The SMILES string of the molecule is COCCC(CBr)(CBr)c1ccccc1C. The number of benzene rings is 1. The van der Waals surface area contributed by atoms with Crippen molar-refractivity contribution in [2.75, 3.05) is 24.4 Å². The first-order valence-corrected chi connectivity index (χ1v) is 7.61. The normalized spacial score (nSPS) is 11.8. The lowest BCUT2D eigenvalue weighted by Crippen LogP contribution is -2.32. The van der Waals surface area contributed by atoms with E-state index < -0.39 is 0 Å². The number of hydrogen-bond donors (Lipinski definition) is 0. The minimum atomic E-state index is 0.126. The summed E-state index contributed by atoms with van der Waals surface area (Å²) < 4.78 is 5.22. The van der Waals surface area contributed by atoms with Gasteiger partial charge in [0.1, 0.15) is 0 Å². The Bertz CT molecular complexity index is 321. The lowest BCUT2D eigenvalue weighted by molar-refractivity contribution is 0.177. The molecule has 0 N–H and O–H groups in total. The topological polar surface area (TPSA) is 9.23 Å². The van der Waals surface area contributed by atoms with Crippen molar-refractivity contribution in [3.8, 4) is 0 Å². The fourth-order valence-corrected chi connectivity index (χ4v) is 4.01. The third-order valence-corrected chi connectivity index (χ3v) is 5.16. The highest BCUT2D eigenvalue weighted by atomic mass is 79.9. The minimum absolute atomic E-state index is 0.126. The Labute approximate surface area is 115 Å². The van der Waals surface area contributed by atoms with Gasteiger partial charge in [-0.15, -0.1) is 0 Å². The van der Waals surface area contributed by atoms with Gasteiger partial charge in [0.2, 0.25) is 0 Å². The monoisotopic (exact) mass is 348 g/mol. The smallest absolute Gasteiger partial charge is 0.0471 e. The number of rotatable bonds is 6. The molecule has 0 spiro atoms. The number of aryl methyl sites for hydroxylation is 1. The Morgan fingerprint density at radius 1 is 1.19 bits per heavy atom. The maximum Gasteiger partial charge on any atom is 0.0471 e. The van der Waals surface area contributed by atoms with E-state index in [0.29, 0.717) is 0 Å². The largest absolute Gasteiger partial charge is 0.385 e. The molecule has 0 saturated heterocycles. The van der Waals surface area contributed by atoms with Crippen molar-refractivity contribution in [2.45, 2.75) is 18.8 Å². The number of halogens is 2. The van der Waals surface area contributed by atoms with Crippen LogP contribution in [0.1, 0.15) is 17.5 Å². The van der Waals surface area contributed by atoms with E-state index in [1.807, 2.05) is 0 Å². The maximum atomic E-state index is 5.22. The summed E-state index contributed by atoms with van der Waals surface area (Å²) in [6.07, 6.45) is 1.02. The van der Waals surface area contributed by atoms with Crippen LogP contribution >= 0.6 is 31.9 Å². The Hall–Kier alpha value is 0.140. The van der Waals surface area contributed by atoms with Crippen molar-refractivity contribution >= 4 is 31.9 Å². The van der Waals surface area contributed by atoms with Gasteiger partial charge in [-0.2, -0.15) is 0 Å². The molecule has 0 atom stereocenters. The zero-order valence-electron chi connectivity index (χ0n) is 9.80. The molecule has 0 aliphatic carbocycles. The summed E-state index contributed by atoms with van der Waals surface area (Å²) >= 11 is 7.30. The second kappa shape index (κ2) is 6.77. The van der Waals surface area contributed by atoms with Crippen molar-refractivity contribution in [2.24, 2.45) is 0 Å². The van der Waals surface area contributed by atoms with Crippen LogP contribution in [-0.2, 0) is 10.2 Å². The summed E-state index contributed by atoms with van der Waals surface area (Å²) in [6, 6.07) is 8.58. The van der Waals surface area contributed by atoms with Gasteiger partial charge in [-0.1, -0.05) is 56.1 Å². The fraction of sp³-hybridized carbons (Fsp3) is 0.538. The van der Waals surface area contributed by atoms with Crippen LogP contribution < -0.4 is 0 Å². The van der Waals surface area contributed by atoms with E-state index in [9.17, 15) is 0 Å². The summed E-state index contributed by atoms with van der Waals surface area (Å²) in [6.45, 7) is 2.95. The van der Waals surface area contributed by atoms with Gasteiger partial charge in [0.15, 0.2) is 0 Å². The van der Waals surface area contributed by atoms with E-state index in [-0.39, 0.29) is 5.41 Å². The highest BCUT2D eigenvalue weighted by Gasteiger charge is 2.30. The molecule has 1 aromatic rings. The lowest BCUT2D eigenvalue weighted by atomic mass is 9.79. The summed E-state index contributed by atoms with van der Waals surface area (Å²) in [4.78, 5) is 0. The van der Waals surface area contributed by atoms with Crippen molar-refractivity contribution in [1.82, 2.24) is 0 Å². The summed E-state index contributed by atoms with van der Waals surface area (Å²) in [7, 11) is 1.76. The first-order valence-electron chi connectivity index (χ1n) is 5.37. The molecule has 90 valence electrons. The van der Waals surface area contributed by atoms with Crippen molar-refractivity contribution in [1.29, 1.82) is 0 Å². The molecule has 0 fully saturated rings. The second-order valence-electron chi connectivity index (χ2n) is 4.11. The Morgan fingerprint density at radius 3 is 2.31 bits per heavy atom. The molecule has 0 saturated carbocycles. The summed E-state index contributed by atoms with van der Waals surface area (Å²) in [5, 5.41) is 1.89. The Kier molecular flexibility index (Phi) is 6.01. The van der Waals surface area contributed by atoms with Gasteiger partial charge in [-0.05, 0) is 24.5 Å². The van der Waals surface area contributed by atoms with Crippen LogP contribution in [0.15, 0.2) is 24.3 Å². The molecule has 0 aromatic heterocycles. The highest BCUT2D eigenvalue weighted by Crippen LogP contribution is 2.34. The first kappa shape index (κ1) is 14.2. The fourth-order valence-electron chi connectivity index (χ4n) is 1.91. The molecule has 0 aliphatic rings. The predicted molar refractivity (Wildman–Crippen MR) is 76.9 cm³/mol. The zero-order chi connectivity index (χ0) is 12.0. The number of hydrogen-bond acceptors (Lipinski definition) is 1. The molecule has 1 nitrogen and oxygen atoms in total. The van der Waals surface area contributed by atoms with Crippen LogP contribution in [0.5, 0.6) is 0 Å². The molecule has 0 unspecified atom stereocenters. The first-order chi connectivity index (χ1) is 7.70. The van der Waals surface area contributed by atoms with Gasteiger partial charge in [-0.3, -0.25) is 0 Å². The second-order valence-corrected chi connectivity index (χ2v) is 5.23. The molecule has 1 rings (SSSR count). The lowest BCUT2D eigenvalue weighted by Gasteiger charge is -2.32. The van der Waals surface area contributed by atoms with E-state index in [4.69, 9.17) is 4.74 Å². The van der Waals surface area contributed by atoms with Crippen LogP contribution in [0.25, 0.3) is 0 Å². The predicted octanol–water partition coefficient (Wildman–Crippen LogP) is 4.06. The van der Waals surface area contributed by atoms with Crippen LogP contribution in [0.4, 0.5) is 0 Å². The van der Waals surface area contributed by atoms with Crippen molar-refractivity contribution in [3.63, 3.8) is 0 Å². The van der Waals surface area contributed by atoms with Crippen molar-refractivity contribution in [3.05, 3.63) is 35.4 Å². The van der Waals surface area contributed by atoms with Crippen LogP contribution in [0, 0.1) is 6.92 Å².